The van der Waals surface area contributed by atoms with E-state index in [1.165, 1.54) is 0 Å². The van der Waals surface area contributed by atoms with Crippen LogP contribution in [-0.2, 0) is 11.3 Å². The Labute approximate surface area is 165 Å². The number of alkyl carbamates (subject to hydrolysis) is 1. The monoisotopic (exact) mass is 376 g/mol. The maximum atomic E-state index is 11.7. The van der Waals surface area contributed by atoms with Crippen LogP contribution in [0.2, 0.25) is 0 Å². The first-order valence-corrected chi connectivity index (χ1v) is 9.08. The van der Waals surface area contributed by atoms with E-state index in [2.05, 4.69) is 20.6 Å². The molecule has 6 heteroatoms. The topological polar surface area (TPSA) is 76.1 Å². The molecule has 2 aromatic heterocycles. The zero-order valence-electron chi connectivity index (χ0n) is 16.3. The van der Waals surface area contributed by atoms with Gasteiger partial charge in [-0.3, -0.25) is 4.98 Å². The van der Waals surface area contributed by atoms with E-state index in [1.807, 2.05) is 75.5 Å². The van der Waals surface area contributed by atoms with Gasteiger partial charge in [-0.1, -0.05) is 24.3 Å². The molecule has 144 valence electrons. The highest BCUT2D eigenvalue weighted by Gasteiger charge is 2.15. The van der Waals surface area contributed by atoms with Crippen molar-refractivity contribution in [1.29, 1.82) is 0 Å². The molecule has 3 rings (SSSR count). The lowest BCUT2D eigenvalue weighted by molar-refractivity contribution is 0.0523. The van der Waals surface area contributed by atoms with Crippen LogP contribution in [0.1, 0.15) is 26.3 Å². The van der Waals surface area contributed by atoms with Gasteiger partial charge >= 0.3 is 6.09 Å². The van der Waals surface area contributed by atoms with Crippen LogP contribution < -0.4 is 10.6 Å². The van der Waals surface area contributed by atoms with Crippen molar-refractivity contribution < 1.29 is 9.53 Å². The molecule has 0 spiro atoms. The summed E-state index contributed by atoms with van der Waals surface area (Å²) in [5, 5.41) is 5.97. The second-order valence-corrected chi connectivity index (χ2v) is 7.35. The summed E-state index contributed by atoms with van der Waals surface area (Å²) in [5.41, 5.74) is 3.46. The molecule has 2 heterocycles. The first-order chi connectivity index (χ1) is 13.4. The molecule has 0 aliphatic rings. The molecule has 0 aliphatic heterocycles. The molecule has 0 saturated heterocycles. The summed E-state index contributed by atoms with van der Waals surface area (Å²) in [5.74, 6) is 0.759. The van der Waals surface area contributed by atoms with E-state index in [0.717, 1.165) is 28.2 Å². The Balaban J connectivity index is 1.58. The molecule has 6 nitrogen and oxygen atoms in total. The molecule has 28 heavy (non-hydrogen) atoms. The molecule has 0 bridgehead atoms. The van der Waals surface area contributed by atoms with Crippen LogP contribution in [0, 0.1) is 0 Å². The Hall–Kier alpha value is -3.41. The van der Waals surface area contributed by atoms with Crippen molar-refractivity contribution in [2.45, 2.75) is 32.9 Å². The Bertz CT molecular complexity index is 902. The molecule has 0 radical (unpaired) electrons. The molecule has 3 aromatic rings. The summed E-state index contributed by atoms with van der Waals surface area (Å²) in [6.07, 6.45) is 4.89. The van der Waals surface area contributed by atoms with Gasteiger partial charge in [0.15, 0.2) is 0 Å². The van der Waals surface area contributed by atoms with Crippen molar-refractivity contribution in [1.82, 2.24) is 15.3 Å². The van der Waals surface area contributed by atoms with Crippen LogP contribution in [0.4, 0.5) is 16.3 Å². The molecular formula is C22H24N4O2. The molecule has 1 amide bonds. The molecule has 2 N–H and O–H groups in total. The fraction of sp³-hybridized carbons (Fsp3) is 0.227. The summed E-state index contributed by atoms with van der Waals surface area (Å²) < 4.78 is 5.24. The number of hydrogen-bond donors (Lipinski definition) is 2. The van der Waals surface area contributed by atoms with E-state index in [4.69, 9.17) is 4.74 Å². The van der Waals surface area contributed by atoms with Crippen LogP contribution in [0.25, 0.3) is 11.1 Å². The molecule has 0 atom stereocenters. The molecular weight excluding hydrogens is 352 g/mol. The Kier molecular flexibility index (Phi) is 5.89. The van der Waals surface area contributed by atoms with Gasteiger partial charge in [-0.15, -0.1) is 0 Å². The highest BCUT2D eigenvalue weighted by Crippen LogP contribution is 2.21. The Morgan fingerprint density at radius 1 is 1.00 bits per heavy atom. The highest BCUT2D eigenvalue weighted by molar-refractivity contribution is 5.68. The van der Waals surface area contributed by atoms with Crippen LogP contribution in [0.5, 0.6) is 0 Å². The zero-order chi connectivity index (χ0) is 20.0. The quantitative estimate of drug-likeness (QED) is 0.661. The number of ether oxygens (including phenoxy) is 1. The number of anilines is 2. The maximum Gasteiger partial charge on any atom is 0.407 e. The lowest BCUT2D eigenvalue weighted by Crippen LogP contribution is -2.32. The van der Waals surface area contributed by atoms with E-state index in [-0.39, 0.29) is 0 Å². The van der Waals surface area contributed by atoms with Gasteiger partial charge in [0.1, 0.15) is 11.4 Å². The summed E-state index contributed by atoms with van der Waals surface area (Å²) in [6, 6.07) is 15.7. The van der Waals surface area contributed by atoms with Crippen molar-refractivity contribution >= 4 is 17.6 Å². The number of nitrogens with zero attached hydrogens (tertiary/aromatic N) is 2. The summed E-state index contributed by atoms with van der Waals surface area (Å²) in [4.78, 5) is 20.3. The average Bonchev–Trinajstić information content (AvgIpc) is 2.67. The predicted molar refractivity (Wildman–Crippen MR) is 110 cm³/mol. The molecule has 0 unspecified atom stereocenters. The van der Waals surface area contributed by atoms with Crippen molar-refractivity contribution in [3.05, 3.63) is 72.7 Å². The number of carbonyl (C=O) groups excluding carboxylic acids is 1. The average molecular weight is 376 g/mol. The largest absolute Gasteiger partial charge is 0.444 e. The lowest BCUT2D eigenvalue weighted by Gasteiger charge is -2.19. The third-order valence-electron chi connectivity index (χ3n) is 3.82. The van der Waals surface area contributed by atoms with Crippen LogP contribution >= 0.6 is 0 Å². The van der Waals surface area contributed by atoms with E-state index in [9.17, 15) is 4.79 Å². The number of carbonyl (C=O) groups is 1. The smallest absolute Gasteiger partial charge is 0.407 e. The molecule has 0 aliphatic carbocycles. The first-order valence-electron chi connectivity index (χ1n) is 9.08. The predicted octanol–water partition coefficient (Wildman–Crippen LogP) is 4.91. The van der Waals surface area contributed by atoms with Crippen LogP contribution in [0.15, 0.2) is 67.1 Å². The van der Waals surface area contributed by atoms with Gasteiger partial charge in [-0.25, -0.2) is 9.78 Å². The summed E-state index contributed by atoms with van der Waals surface area (Å²) in [7, 11) is 0. The lowest BCUT2D eigenvalue weighted by atomic mass is 10.1. The van der Waals surface area contributed by atoms with Gasteiger partial charge in [0.05, 0.1) is 11.9 Å². The number of amides is 1. The SMILES string of the molecule is CC(C)(C)OC(=O)NCc1ccc(-c2ccc(Nc3cccnc3)nc2)cc1. The fourth-order valence-electron chi connectivity index (χ4n) is 2.53. The second kappa shape index (κ2) is 8.52. The van der Waals surface area contributed by atoms with Crippen molar-refractivity contribution in [2.75, 3.05) is 5.32 Å². The fourth-order valence-corrected chi connectivity index (χ4v) is 2.53. The van der Waals surface area contributed by atoms with Crippen molar-refractivity contribution in [2.24, 2.45) is 0 Å². The molecule has 0 saturated carbocycles. The number of benzene rings is 1. The van der Waals surface area contributed by atoms with Gasteiger partial charge in [-0.2, -0.15) is 0 Å². The Morgan fingerprint density at radius 2 is 1.75 bits per heavy atom. The van der Waals surface area contributed by atoms with Gasteiger partial charge in [-0.05, 0) is 56.2 Å². The third-order valence-corrected chi connectivity index (χ3v) is 3.82. The van der Waals surface area contributed by atoms with Crippen LogP contribution in [0.3, 0.4) is 0 Å². The summed E-state index contributed by atoms with van der Waals surface area (Å²) in [6.45, 7) is 5.94. The van der Waals surface area contributed by atoms with Gasteiger partial charge < -0.3 is 15.4 Å². The number of hydrogen-bond acceptors (Lipinski definition) is 5. The second-order valence-electron chi connectivity index (χ2n) is 7.35. The Morgan fingerprint density at radius 3 is 2.36 bits per heavy atom. The van der Waals surface area contributed by atoms with Gasteiger partial charge in [0.25, 0.3) is 0 Å². The minimum absolute atomic E-state index is 0.418. The van der Waals surface area contributed by atoms with Crippen molar-refractivity contribution in [3.63, 3.8) is 0 Å². The van der Waals surface area contributed by atoms with E-state index >= 15 is 0 Å². The molecule has 1 aromatic carbocycles. The number of aromatic nitrogens is 2. The van der Waals surface area contributed by atoms with E-state index in [0.29, 0.717) is 6.54 Å². The van der Waals surface area contributed by atoms with E-state index in [1.54, 1.807) is 12.4 Å². The number of nitrogens with one attached hydrogen (secondary N) is 2. The minimum atomic E-state index is -0.501. The number of rotatable bonds is 5. The number of pyridine rings is 2. The van der Waals surface area contributed by atoms with Gasteiger partial charge in [0, 0.05) is 24.5 Å². The minimum Gasteiger partial charge on any atom is -0.444 e. The van der Waals surface area contributed by atoms with E-state index < -0.39 is 11.7 Å². The third kappa shape index (κ3) is 5.81. The van der Waals surface area contributed by atoms with Crippen molar-refractivity contribution in [3.8, 4) is 11.1 Å². The highest BCUT2D eigenvalue weighted by atomic mass is 16.6. The zero-order valence-corrected chi connectivity index (χ0v) is 16.3. The molecule has 0 fully saturated rings. The van der Waals surface area contributed by atoms with Gasteiger partial charge in [0.2, 0.25) is 0 Å². The normalized spacial score (nSPS) is 11.0. The summed E-state index contributed by atoms with van der Waals surface area (Å²) >= 11 is 0. The standard InChI is InChI=1S/C22H24N4O2/c1-22(2,3)28-21(27)25-13-16-6-8-17(9-7-16)18-10-11-20(24-14-18)26-19-5-4-12-23-15-19/h4-12,14-15H,13H2,1-3H3,(H,24,26)(H,25,27). The van der Waals surface area contributed by atoms with Crippen LogP contribution in [-0.4, -0.2) is 21.7 Å². The first kappa shape index (κ1) is 19.4. The maximum absolute atomic E-state index is 11.7.